The highest BCUT2D eigenvalue weighted by Gasteiger charge is 2.14. The maximum atomic E-state index is 11.2. The van der Waals surface area contributed by atoms with Crippen LogP contribution >= 0.6 is 0 Å². The highest BCUT2D eigenvalue weighted by molar-refractivity contribution is 6.34. The minimum atomic E-state index is -0.904. The van der Waals surface area contributed by atoms with Crippen LogP contribution in [-0.2, 0) is 14.3 Å². The van der Waals surface area contributed by atoms with Gasteiger partial charge in [0.15, 0.2) is 0 Å². The molecule has 0 saturated heterocycles. The first-order valence-corrected chi connectivity index (χ1v) is 5.02. The van der Waals surface area contributed by atoms with Gasteiger partial charge >= 0.3 is 11.9 Å². The van der Waals surface area contributed by atoms with Gasteiger partial charge in [0, 0.05) is 6.42 Å². The lowest BCUT2D eigenvalue weighted by atomic mass is 10.2. The Hall–Kier alpha value is -2.17. The Morgan fingerprint density at radius 1 is 1.12 bits per heavy atom. The van der Waals surface area contributed by atoms with E-state index in [1.165, 1.54) is 31.4 Å². The van der Waals surface area contributed by atoms with Crippen molar-refractivity contribution in [3.63, 3.8) is 0 Å². The van der Waals surface area contributed by atoms with Gasteiger partial charge in [0.05, 0.1) is 12.7 Å². The molecule has 0 spiro atoms. The molecular formula is C12H12O5. The second-order valence-corrected chi connectivity index (χ2v) is 3.18. The molecule has 0 unspecified atom stereocenters. The molecule has 0 amide bonds. The molecule has 0 saturated carbocycles. The van der Waals surface area contributed by atoms with Gasteiger partial charge in [0.2, 0.25) is 5.78 Å². The van der Waals surface area contributed by atoms with E-state index in [-0.39, 0.29) is 12.2 Å². The molecule has 1 rings (SSSR count). The fraction of sp³-hybridized carbons (Fsp3) is 0.250. The Bertz CT molecular complexity index is 433. The van der Waals surface area contributed by atoms with Gasteiger partial charge in [-0.15, -0.1) is 0 Å². The summed E-state index contributed by atoms with van der Waals surface area (Å²) in [7, 11) is 1.27. The molecule has 17 heavy (non-hydrogen) atoms. The summed E-state index contributed by atoms with van der Waals surface area (Å²) in [5.41, 5.74) is 0.342. The summed E-state index contributed by atoms with van der Waals surface area (Å²) < 4.78 is 9.31. The van der Waals surface area contributed by atoms with E-state index >= 15 is 0 Å². The molecule has 0 aliphatic heterocycles. The van der Waals surface area contributed by atoms with Crippen LogP contribution in [0.25, 0.3) is 0 Å². The molecule has 90 valence electrons. The maximum absolute atomic E-state index is 11.2. The van der Waals surface area contributed by atoms with E-state index in [0.29, 0.717) is 5.56 Å². The van der Waals surface area contributed by atoms with Gasteiger partial charge in [-0.05, 0) is 24.3 Å². The smallest absolute Gasteiger partial charge is 0.379 e. The molecule has 0 fully saturated rings. The summed E-state index contributed by atoms with van der Waals surface area (Å²) >= 11 is 0. The van der Waals surface area contributed by atoms with E-state index in [1.807, 2.05) is 0 Å². The number of hydrogen-bond donors (Lipinski definition) is 0. The molecule has 5 heteroatoms. The van der Waals surface area contributed by atoms with Gasteiger partial charge in [0.25, 0.3) is 0 Å². The molecule has 5 nitrogen and oxygen atoms in total. The number of hydrogen-bond acceptors (Lipinski definition) is 5. The number of Topliss-reactive ketones (excluding diaryl/α,β-unsaturated/α-hetero) is 1. The van der Waals surface area contributed by atoms with E-state index in [2.05, 4.69) is 4.74 Å². The highest BCUT2D eigenvalue weighted by atomic mass is 16.5. The van der Waals surface area contributed by atoms with Crippen molar-refractivity contribution >= 4 is 17.7 Å². The van der Waals surface area contributed by atoms with Gasteiger partial charge < -0.3 is 9.47 Å². The first-order valence-electron chi connectivity index (χ1n) is 5.02. The van der Waals surface area contributed by atoms with E-state index in [0.717, 1.165) is 0 Å². The Morgan fingerprint density at radius 2 is 1.71 bits per heavy atom. The van der Waals surface area contributed by atoms with Crippen LogP contribution in [0.3, 0.4) is 0 Å². The third kappa shape index (κ3) is 3.41. The van der Waals surface area contributed by atoms with E-state index in [9.17, 15) is 14.4 Å². The predicted molar refractivity (Wildman–Crippen MR) is 58.7 cm³/mol. The third-order valence-electron chi connectivity index (χ3n) is 2.03. The van der Waals surface area contributed by atoms with Gasteiger partial charge in [-0.1, -0.05) is 6.92 Å². The molecule has 0 aromatic heterocycles. The summed E-state index contributed by atoms with van der Waals surface area (Å²) in [5, 5.41) is 0. The maximum Gasteiger partial charge on any atom is 0.379 e. The Labute approximate surface area is 98.3 Å². The molecule has 1 aromatic rings. The SMILES string of the molecule is CCC(=O)C(=O)Oc1ccc(C(=O)OC)cc1. The first-order chi connectivity index (χ1) is 8.08. The minimum absolute atomic E-state index is 0.0963. The van der Waals surface area contributed by atoms with Crippen LogP contribution in [0.4, 0.5) is 0 Å². The average molecular weight is 236 g/mol. The van der Waals surface area contributed by atoms with E-state index < -0.39 is 17.7 Å². The molecular weight excluding hydrogens is 224 g/mol. The fourth-order valence-electron chi connectivity index (χ4n) is 1.09. The van der Waals surface area contributed by atoms with Crippen molar-refractivity contribution in [3.05, 3.63) is 29.8 Å². The van der Waals surface area contributed by atoms with Crippen molar-refractivity contribution in [1.29, 1.82) is 0 Å². The van der Waals surface area contributed by atoms with Gasteiger partial charge in [-0.3, -0.25) is 4.79 Å². The van der Waals surface area contributed by atoms with Crippen LogP contribution < -0.4 is 4.74 Å². The zero-order valence-corrected chi connectivity index (χ0v) is 9.56. The number of carbonyl (C=O) groups excluding carboxylic acids is 3. The number of ether oxygens (including phenoxy) is 2. The standard InChI is InChI=1S/C12H12O5/c1-3-10(13)12(15)17-9-6-4-8(5-7-9)11(14)16-2/h4-7H,3H2,1-2H3. The molecule has 0 heterocycles. The number of ketones is 1. The normalized spacial score (nSPS) is 9.53. The van der Waals surface area contributed by atoms with Gasteiger partial charge in [-0.25, -0.2) is 9.59 Å². The summed E-state index contributed by atoms with van der Waals surface area (Å²) in [5.74, 6) is -1.77. The summed E-state index contributed by atoms with van der Waals surface area (Å²) in [6, 6.07) is 5.75. The lowest BCUT2D eigenvalue weighted by Gasteiger charge is -2.03. The van der Waals surface area contributed by atoms with Crippen molar-refractivity contribution < 1.29 is 23.9 Å². The number of methoxy groups -OCH3 is 1. The zero-order chi connectivity index (χ0) is 12.8. The number of carbonyl (C=O) groups is 3. The predicted octanol–water partition coefficient (Wildman–Crippen LogP) is 1.36. The molecule has 0 atom stereocenters. The minimum Gasteiger partial charge on any atom is -0.465 e. The quantitative estimate of drug-likeness (QED) is 0.448. The fourth-order valence-corrected chi connectivity index (χ4v) is 1.09. The second-order valence-electron chi connectivity index (χ2n) is 3.18. The molecule has 0 aliphatic carbocycles. The summed E-state index contributed by atoms with van der Waals surface area (Å²) in [4.78, 5) is 33.3. The summed E-state index contributed by atoms with van der Waals surface area (Å²) in [6.07, 6.45) is 0.0963. The van der Waals surface area contributed by atoms with Crippen LogP contribution in [0.15, 0.2) is 24.3 Å². The Balaban J connectivity index is 2.72. The van der Waals surface area contributed by atoms with E-state index in [4.69, 9.17) is 4.74 Å². The van der Waals surface area contributed by atoms with Gasteiger partial charge in [0.1, 0.15) is 5.75 Å². The monoisotopic (exact) mass is 236 g/mol. The van der Waals surface area contributed by atoms with Crippen molar-refractivity contribution in [2.24, 2.45) is 0 Å². The number of rotatable bonds is 4. The Morgan fingerprint density at radius 3 is 2.18 bits per heavy atom. The molecule has 0 bridgehead atoms. The summed E-state index contributed by atoms with van der Waals surface area (Å²) in [6.45, 7) is 1.57. The van der Waals surface area contributed by atoms with Crippen LogP contribution in [0, 0.1) is 0 Å². The van der Waals surface area contributed by atoms with Crippen molar-refractivity contribution in [3.8, 4) is 5.75 Å². The van der Waals surface area contributed by atoms with Crippen LogP contribution in [0.1, 0.15) is 23.7 Å². The van der Waals surface area contributed by atoms with Crippen molar-refractivity contribution in [1.82, 2.24) is 0 Å². The van der Waals surface area contributed by atoms with Crippen LogP contribution in [-0.4, -0.2) is 24.8 Å². The first kappa shape index (κ1) is 12.9. The lowest BCUT2D eigenvalue weighted by Crippen LogP contribution is -2.19. The molecule has 1 aromatic carbocycles. The van der Waals surface area contributed by atoms with Crippen LogP contribution in [0.2, 0.25) is 0 Å². The topological polar surface area (TPSA) is 69.7 Å². The zero-order valence-electron chi connectivity index (χ0n) is 9.56. The largest absolute Gasteiger partial charge is 0.465 e. The van der Waals surface area contributed by atoms with Gasteiger partial charge in [-0.2, -0.15) is 0 Å². The Kier molecular flexibility index (Phi) is 4.39. The number of esters is 2. The van der Waals surface area contributed by atoms with Crippen LogP contribution in [0.5, 0.6) is 5.75 Å². The second kappa shape index (κ2) is 5.79. The molecule has 0 aliphatic rings. The van der Waals surface area contributed by atoms with Crippen molar-refractivity contribution in [2.45, 2.75) is 13.3 Å². The number of benzene rings is 1. The van der Waals surface area contributed by atoms with Crippen molar-refractivity contribution in [2.75, 3.05) is 7.11 Å². The van der Waals surface area contributed by atoms with E-state index in [1.54, 1.807) is 6.92 Å². The highest BCUT2D eigenvalue weighted by Crippen LogP contribution is 2.13. The molecule has 0 radical (unpaired) electrons. The third-order valence-corrected chi connectivity index (χ3v) is 2.03. The molecule has 0 N–H and O–H groups in total. The average Bonchev–Trinajstić information content (AvgIpc) is 2.37. The lowest BCUT2D eigenvalue weighted by molar-refractivity contribution is -0.146.